The highest BCUT2D eigenvalue weighted by atomic mass is 35.5. The van der Waals surface area contributed by atoms with Gasteiger partial charge in [-0.1, -0.05) is 11.6 Å². The van der Waals surface area contributed by atoms with Crippen LogP contribution in [-0.4, -0.2) is 48.9 Å². The molecule has 0 aliphatic carbocycles. The molecule has 0 bridgehead atoms. The van der Waals surface area contributed by atoms with E-state index in [9.17, 15) is 22.4 Å². The second-order valence-electron chi connectivity index (χ2n) is 5.58. The van der Waals surface area contributed by atoms with Gasteiger partial charge in [0.1, 0.15) is 5.82 Å². The number of halogens is 2. The van der Waals surface area contributed by atoms with Gasteiger partial charge in [-0.3, -0.25) is 9.59 Å². The van der Waals surface area contributed by atoms with E-state index in [4.69, 9.17) is 16.3 Å². The highest BCUT2D eigenvalue weighted by Crippen LogP contribution is 2.25. The van der Waals surface area contributed by atoms with E-state index in [1.165, 1.54) is 24.8 Å². The minimum Gasteiger partial charge on any atom is -0.452 e. The zero-order valence-electron chi connectivity index (χ0n) is 13.3. The number of amides is 1. The van der Waals surface area contributed by atoms with Crippen LogP contribution in [0.4, 0.5) is 10.1 Å². The Kier molecular flexibility index (Phi) is 6.70. The van der Waals surface area contributed by atoms with Crippen molar-refractivity contribution >= 4 is 50.8 Å². The zero-order valence-corrected chi connectivity index (χ0v) is 15.7. The molecule has 1 aliphatic heterocycles. The zero-order chi connectivity index (χ0) is 18.6. The number of nitrogens with one attached hydrogen (secondary N) is 1. The molecule has 1 amide bonds. The molecule has 1 fully saturated rings. The molecule has 0 aromatic heterocycles. The van der Waals surface area contributed by atoms with Gasteiger partial charge < -0.3 is 10.1 Å². The molecule has 0 unspecified atom stereocenters. The molecular weight excluding hydrogens is 393 g/mol. The summed E-state index contributed by atoms with van der Waals surface area (Å²) in [6.45, 7) is 1.40. The molecule has 0 spiro atoms. The molecule has 1 heterocycles. The molecule has 1 aromatic carbocycles. The molecule has 6 nitrogen and oxygen atoms in total. The van der Waals surface area contributed by atoms with Gasteiger partial charge in [0.25, 0.3) is 5.91 Å². The Balaban J connectivity index is 1.79. The number of carbonyl (C=O) groups is 2. The molecule has 10 heteroatoms. The first-order valence-corrected chi connectivity index (χ1v) is 10.7. The fraction of sp³-hybridized carbons (Fsp3) is 0.467. The van der Waals surface area contributed by atoms with E-state index in [0.717, 1.165) is 12.1 Å². The van der Waals surface area contributed by atoms with Gasteiger partial charge in [-0.15, -0.1) is 11.8 Å². The van der Waals surface area contributed by atoms with Crippen molar-refractivity contribution in [1.29, 1.82) is 0 Å². The minimum absolute atomic E-state index is 0.0323. The largest absolute Gasteiger partial charge is 0.452 e. The number of hydrogen-bond acceptors (Lipinski definition) is 6. The Morgan fingerprint density at radius 1 is 1.48 bits per heavy atom. The Bertz CT molecular complexity index is 771. The Morgan fingerprint density at radius 2 is 2.20 bits per heavy atom. The van der Waals surface area contributed by atoms with Crippen molar-refractivity contribution in [2.75, 3.05) is 22.6 Å². The third-order valence-electron chi connectivity index (χ3n) is 3.49. The predicted molar refractivity (Wildman–Crippen MR) is 95.1 cm³/mol. The number of rotatable bonds is 6. The van der Waals surface area contributed by atoms with Gasteiger partial charge in [0, 0.05) is 5.25 Å². The topological polar surface area (TPSA) is 89.5 Å². The van der Waals surface area contributed by atoms with Crippen molar-refractivity contribution in [3.8, 4) is 0 Å². The first kappa shape index (κ1) is 20.0. The molecule has 2 rings (SSSR count). The smallest absolute Gasteiger partial charge is 0.316 e. The van der Waals surface area contributed by atoms with Gasteiger partial charge in [-0.25, -0.2) is 12.8 Å². The van der Waals surface area contributed by atoms with Crippen molar-refractivity contribution in [3.63, 3.8) is 0 Å². The molecule has 2 atom stereocenters. The molecule has 1 saturated heterocycles. The van der Waals surface area contributed by atoms with Gasteiger partial charge in [0.05, 0.1) is 28.0 Å². The number of sulfone groups is 1. The summed E-state index contributed by atoms with van der Waals surface area (Å²) in [7, 11) is -3.00. The van der Waals surface area contributed by atoms with Crippen LogP contribution in [0.25, 0.3) is 0 Å². The second-order valence-corrected chi connectivity index (χ2v) is 9.51. The van der Waals surface area contributed by atoms with E-state index >= 15 is 0 Å². The Labute approximate surface area is 154 Å². The monoisotopic (exact) mass is 409 g/mol. The third-order valence-corrected chi connectivity index (χ3v) is 7.06. The highest BCUT2D eigenvalue weighted by Gasteiger charge is 2.29. The standard InChI is InChI=1S/C15H17ClFNO5S2/c1-9(15(20)18-13-3-2-10(17)6-12(13)16)23-14(19)7-24-11-4-5-25(21,22)8-11/h2-3,6,9,11H,4-5,7-8H2,1H3,(H,18,20)/t9-,11+/m0/s1. The maximum absolute atomic E-state index is 13.0. The van der Waals surface area contributed by atoms with Gasteiger partial charge >= 0.3 is 5.97 Å². The molecule has 1 aromatic rings. The lowest BCUT2D eigenvalue weighted by Gasteiger charge is -2.15. The SMILES string of the molecule is C[C@H](OC(=O)CS[C@@H]1CCS(=O)(=O)C1)C(=O)Nc1ccc(F)cc1Cl. The number of benzene rings is 1. The average Bonchev–Trinajstić information content (AvgIpc) is 2.87. The molecular formula is C15H17ClFNO5S2. The van der Waals surface area contributed by atoms with Crippen LogP contribution in [0.5, 0.6) is 0 Å². The summed E-state index contributed by atoms with van der Waals surface area (Å²) >= 11 is 7.02. The van der Waals surface area contributed by atoms with Crippen LogP contribution in [-0.2, 0) is 24.2 Å². The van der Waals surface area contributed by atoms with Crippen molar-refractivity contribution < 1.29 is 27.1 Å². The van der Waals surface area contributed by atoms with Crippen LogP contribution in [0.1, 0.15) is 13.3 Å². The van der Waals surface area contributed by atoms with Crippen LogP contribution in [0, 0.1) is 5.82 Å². The molecule has 25 heavy (non-hydrogen) atoms. The molecule has 1 N–H and O–H groups in total. The summed E-state index contributed by atoms with van der Waals surface area (Å²) in [4.78, 5) is 23.8. The number of hydrogen-bond donors (Lipinski definition) is 1. The lowest BCUT2D eigenvalue weighted by molar-refractivity contribution is -0.150. The molecule has 138 valence electrons. The third kappa shape index (κ3) is 6.16. The Morgan fingerprint density at radius 3 is 2.80 bits per heavy atom. The van der Waals surface area contributed by atoms with Gasteiger partial charge in [0.15, 0.2) is 15.9 Å². The van der Waals surface area contributed by atoms with Crippen molar-refractivity contribution in [2.45, 2.75) is 24.7 Å². The van der Waals surface area contributed by atoms with Crippen molar-refractivity contribution in [1.82, 2.24) is 0 Å². The fourth-order valence-corrected chi connectivity index (χ4v) is 5.83. The second kappa shape index (κ2) is 8.37. The van der Waals surface area contributed by atoms with Gasteiger partial charge in [-0.05, 0) is 31.5 Å². The average molecular weight is 410 g/mol. The van der Waals surface area contributed by atoms with Crippen molar-refractivity contribution in [2.24, 2.45) is 0 Å². The van der Waals surface area contributed by atoms with Gasteiger partial charge in [0.2, 0.25) is 0 Å². The molecule has 0 radical (unpaired) electrons. The van der Waals surface area contributed by atoms with Crippen LogP contribution in [0.3, 0.4) is 0 Å². The summed E-state index contributed by atoms with van der Waals surface area (Å²) in [5.74, 6) is -1.58. The van der Waals surface area contributed by atoms with Crippen LogP contribution < -0.4 is 5.32 Å². The number of thioether (sulfide) groups is 1. The maximum Gasteiger partial charge on any atom is 0.316 e. The van der Waals surface area contributed by atoms with Crippen LogP contribution >= 0.6 is 23.4 Å². The minimum atomic E-state index is -3.00. The summed E-state index contributed by atoms with van der Waals surface area (Å²) in [5, 5.41) is 2.36. The first-order chi connectivity index (χ1) is 11.7. The van der Waals surface area contributed by atoms with Crippen LogP contribution in [0.15, 0.2) is 18.2 Å². The molecule has 1 aliphatic rings. The fourth-order valence-electron chi connectivity index (χ4n) is 2.19. The predicted octanol–water partition coefficient (Wildman–Crippen LogP) is 2.27. The van der Waals surface area contributed by atoms with E-state index in [-0.39, 0.29) is 33.2 Å². The highest BCUT2D eigenvalue weighted by molar-refractivity contribution is 8.02. The number of anilines is 1. The quantitative estimate of drug-likeness (QED) is 0.725. The lowest BCUT2D eigenvalue weighted by Crippen LogP contribution is -2.30. The number of esters is 1. The number of carbonyl (C=O) groups excluding carboxylic acids is 2. The summed E-state index contributed by atoms with van der Waals surface area (Å²) in [6, 6.07) is 3.51. The maximum atomic E-state index is 13.0. The van der Waals surface area contributed by atoms with E-state index in [1.54, 1.807) is 0 Å². The number of ether oxygens (including phenoxy) is 1. The summed E-state index contributed by atoms with van der Waals surface area (Å²) in [5.41, 5.74) is 0.210. The Hall–Kier alpha value is -1.32. The lowest BCUT2D eigenvalue weighted by atomic mass is 10.3. The van der Waals surface area contributed by atoms with Crippen LogP contribution in [0.2, 0.25) is 5.02 Å². The van der Waals surface area contributed by atoms with E-state index in [2.05, 4.69) is 5.32 Å². The normalized spacial score (nSPS) is 20.0. The van der Waals surface area contributed by atoms with E-state index < -0.39 is 33.6 Å². The summed E-state index contributed by atoms with van der Waals surface area (Å²) in [6.07, 6.45) is -0.555. The first-order valence-electron chi connectivity index (χ1n) is 7.44. The van der Waals surface area contributed by atoms with E-state index in [1.807, 2.05) is 0 Å². The van der Waals surface area contributed by atoms with Crippen molar-refractivity contribution in [3.05, 3.63) is 29.0 Å². The van der Waals surface area contributed by atoms with Gasteiger partial charge in [-0.2, -0.15) is 0 Å². The summed E-state index contributed by atoms with van der Waals surface area (Å²) < 4.78 is 40.7. The molecule has 0 saturated carbocycles. The van der Waals surface area contributed by atoms with E-state index in [0.29, 0.717) is 6.42 Å².